The average molecular weight is 342 g/mol. The van der Waals surface area contributed by atoms with Crippen molar-refractivity contribution in [2.45, 2.75) is 25.4 Å². The molecule has 1 aromatic heterocycles. The van der Waals surface area contributed by atoms with E-state index in [1.165, 1.54) is 12.3 Å². The predicted octanol–water partition coefficient (Wildman–Crippen LogP) is 3.09. The molecule has 8 heteroatoms. The van der Waals surface area contributed by atoms with Crippen LogP contribution >= 0.6 is 11.6 Å². The van der Waals surface area contributed by atoms with Gasteiger partial charge in [0.05, 0.1) is 23.4 Å². The number of hydrogen-bond acceptors (Lipinski definition) is 5. The highest BCUT2D eigenvalue weighted by Gasteiger charge is 2.33. The molecule has 0 amide bonds. The summed E-state index contributed by atoms with van der Waals surface area (Å²) in [6.07, 6.45) is 3.41. The zero-order valence-electron chi connectivity index (χ0n) is 11.3. The van der Waals surface area contributed by atoms with Crippen LogP contribution in [0.4, 0.5) is 0 Å². The van der Waals surface area contributed by atoms with Crippen LogP contribution in [0.1, 0.15) is 46.0 Å². The number of hydrogen-bond donors (Lipinski definition) is 1. The van der Waals surface area contributed by atoms with Gasteiger partial charge in [-0.2, -0.15) is 4.21 Å². The molecule has 1 aliphatic carbocycles. The van der Waals surface area contributed by atoms with E-state index in [9.17, 15) is 9.00 Å². The molecule has 0 spiro atoms. The Morgan fingerprint density at radius 3 is 2.86 bits per heavy atom. The van der Waals surface area contributed by atoms with E-state index in [4.69, 9.17) is 20.7 Å². The number of ketones is 1. The van der Waals surface area contributed by atoms with Crippen LogP contribution in [0, 0.1) is 0 Å². The topological polar surface area (TPSA) is 89.6 Å². The minimum atomic E-state index is -2.34. The first-order chi connectivity index (χ1) is 10.6. The Morgan fingerprint density at radius 2 is 2.23 bits per heavy atom. The van der Waals surface area contributed by atoms with Gasteiger partial charge in [0.25, 0.3) is 0 Å². The number of halogens is 1. The van der Waals surface area contributed by atoms with Gasteiger partial charge < -0.3 is 4.52 Å². The summed E-state index contributed by atoms with van der Waals surface area (Å²) in [5.74, 6) is 0.642. The summed E-state index contributed by atoms with van der Waals surface area (Å²) in [5.41, 5.74) is 1.36. The monoisotopic (exact) mass is 341 g/mol. The number of rotatable bonds is 6. The lowest BCUT2D eigenvalue weighted by Crippen LogP contribution is -2.04. The summed E-state index contributed by atoms with van der Waals surface area (Å²) in [4.78, 5) is 12.6. The van der Waals surface area contributed by atoms with Crippen LogP contribution in [0.5, 0.6) is 0 Å². The highest BCUT2D eigenvalue weighted by Crippen LogP contribution is 2.42. The second-order valence-electron chi connectivity index (χ2n) is 5.00. The van der Waals surface area contributed by atoms with E-state index in [-0.39, 0.29) is 23.3 Å². The SMILES string of the molecule is O=C(c1ccc(COS(=O)O)cc1Cl)c1cnoc1C1CC1. The lowest BCUT2D eigenvalue weighted by molar-refractivity contribution is 0.103. The Bertz CT molecular complexity index is 741. The van der Waals surface area contributed by atoms with Gasteiger partial charge in [0.2, 0.25) is 0 Å². The largest absolute Gasteiger partial charge is 0.360 e. The number of benzene rings is 1. The molecule has 0 bridgehead atoms. The molecule has 6 nitrogen and oxygen atoms in total. The molecule has 2 aromatic rings. The second kappa shape index (κ2) is 6.29. The quantitative estimate of drug-likeness (QED) is 0.641. The lowest BCUT2D eigenvalue weighted by Gasteiger charge is -2.06. The molecule has 1 atom stereocenters. The predicted molar refractivity (Wildman–Crippen MR) is 78.9 cm³/mol. The number of nitrogens with zero attached hydrogens (tertiary/aromatic N) is 1. The van der Waals surface area contributed by atoms with Gasteiger partial charge in [-0.15, -0.1) is 0 Å². The van der Waals surface area contributed by atoms with Gasteiger partial charge in [-0.05, 0) is 30.5 Å². The second-order valence-corrected chi connectivity index (χ2v) is 6.08. The van der Waals surface area contributed by atoms with Gasteiger partial charge in [-0.1, -0.05) is 22.8 Å². The Hall–Kier alpha value is -1.54. The van der Waals surface area contributed by atoms with Crippen molar-refractivity contribution in [3.05, 3.63) is 51.9 Å². The minimum absolute atomic E-state index is 0.0715. The molecule has 3 rings (SSSR count). The van der Waals surface area contributed by atoms with E-state index in [1.54, 1.807) is 12.1 Å². The lowest BCUT2D eigenvalue weighted by atomic mass is 10.0. The summed E-state index contributed by atoms with van der Waals surface area (Å²) >= 11 is 3.80. The molecule has 1 saturated carbocycles. The molecule has 1 aliphatic rings. The molecule has 1 aromatic carbocycles. The molecule has 0 saturated heterocycles. The maximum atomic E-state index is 12.6. The first-order valence-electron chi connectivity index (χ1n) is 6.58. The molecule has 0 radical (unpaired) electrons. The molecule has 116 valence electrons. The fourth-order valence-corrected chi connectivity index (χ4v) is 2.68. The normalized spacial score (nSPS) is 15.7. The number of carbonyl (C=O) groups is 1. The molecular weight excluding hydrogens is 330 g/mol. The van der Waals surface area contributed by atoms with Crippen LogP contribution in [0.2, 0.25) is 5.02 Å². The third-order valence-corrected chi connectivity index (χ3v) is 4.03. The van der Waals surface area contributed by atoms with Crippen molar-refractivity contribution in [3.63, 3.8) is 0 Å². The van der Waals surface area contributed by atoms with Crippen molar-refractivity contribution >= 4 is 28.7 Å². The Labute approximate surface area is 133 Å². The van der Waals surface area contributed by atoms with Gasteiger partial charge in [0, 0.05) is 11.5 Å². The summed E-state index contributed by atoms with van der Waals surface area (Å²) < 4.78 is 28.8. The van der Waals surface area contributed by atoms with Crippen LogP contribution in [0.15, 0.2) is 28.9 Å². The van der Waals surface area contributed by atoms with E-state index < -0.39 is 11.4 Å². The van der Waals surface area contributed by atoms with Gasteiger partial charge in [0.1, 0.15) is 0 Å². The van der Waals surface area contributed by atoms with E-state index in [0.29, 0.717) is 22.5 Å². The highest BCUT2D eigenvalue weighted by atomic mass is 35.5. The van der Waals surface area contributed by atoms with Crippen molar-refractivity contribution < 1.29 is 22.3 Å². The number of aromatic nitrogens is 1. The standard InChI is InChI=1S/C14H12ClNO5S/c15-12-5-8(7-20-22(18)19)1-4-10(12)13(17)11-6-16-21-14(11)9-2-3-9/h1,4-6,9H,2-3,7H2,(H,18,19). The summed E-state index contributed by atoms with van der Waals surface area (Å²) in [6.45, 7) is -0.0715. The van der Waals surface area contributed by atoms with Crippen LogP contribution in [-0.4, -0.2) is 19.7 Å². The van der Waals surface area contributed by atoms with E-state index in [2.05, 4.69) is 9.34 Å². The minimum Gasteiger partial charge on any atom is -0.360 e. The van der Waals surface area contributed by atoms with Crippen LogP contribution in [-0.2, 0) is 22.2 Å². The van der Waals surface area contributed by atoms with Gasteiger partial charge >= 0.3 is 11.4 Å². The van der Waals surface area contributed by atoms with E-state index in [0.717, 1.165) is 12.8 Å². The van der Waals surface area contributed by atoms with Crippen LogP contribution in [0.3, 0.4) is 0 Å². The molecule has 1 unspecified atom stereocenters. The fraction of sp³-hybridized carbons (Fsp3) is 0.286. The van der Waals surface area contributed by atoms with Gasteiger partial charge in [-0.3, -0.25) is 13.5 Å². The van der Waals surface area contributed by atoms with Crippen LogP contribution < -0.4 is 0 Å². The zero-order valence-corrected chi connectivity index (χ0v) is 12.9. The third kappa shape index (κ3) is 3.27. The molecule has 0 aliphatic heterocycles. The zero-order chi connectivity index (χ0) is 15.7. The molecule has 22 heavy (non-hydrogen) atoms. The maximum absolute atomic E-state index is 12.6. The van der Waals surface area contributed by atoms with E-state index in [1.807, 2.05) is 0 Å². The van der Waals surface area contributed by atoms with Crippen molar-refractivity contribution in [2.24, 2.45) is 0 Å². The van der Waals surface area contributed by atoms with Gasteiger partial charge in [-0.25, -0.2) is 0 Å². The molecule has 1 fully saturated rings. The third-order valence-electron chi connectivity index (χ3n) is 3.40. The Balaban J connectivity index is 1.83. The molecular formula is C14H12ClNO5S. The van der Waals surface area contributed by atoms with E-state index >= 15 is 0 Å². The summed E-state index contributed by atoms with van der Waals surface area (Å²) in [7, 11) is 0. The average Bonchev–Trinajstić information content (AvgIpc) is 3.21. The Morgan fingerprint density at radius 1 is 1.45 bits per heavy atom. The molecule has 1 N–H and O–H groups in total. The van der Waals surface area contributed by atoms with Crippen molar-refractivity contribution in [1.29, 1.82) is 0 Å². The first-order valence-corrected chi connectivity index (χ1v) is 7.99. The van der Waals surface area contributed by atoms with Crippen molar-refractivity contribution in [2.75, 3.05) is 0 Å². The fourth-order valence-electron chi connectivity index (χ4n) is 2.16. The summed E-state index contributed by atoms with van der Waals surface area (Å²) in [5, 5.41) is 3.95. The Kier molecular flexibility index (Phi) is 4.39. The van der Waals surface area contributed by atoms with Crippen LogP contribution in [0.25, 0.3) is 0 Å². The van der Waals surface area contributed by atoms with Crippen molar-refractivity contribution in [1.82, 2.24) is 5.16 Å². The maximum Gasteiger partial charge on any atom is 0.302 e. The van der Waals surface area contributed by atoms with Gasteiger partial charge in [0.15, 0.2) is 11.5 Å². The highest BCUT2D eigenvalue weighted by molar-refractivity contribution is 7.74. The van der Waals surface area contributed by atoms with Crippen molar-refractivity contribution in [3.8, 4) is 0 Å². The number of carbonyl (C=O) groups excluding carboxylic acids is 1. The summed E-state index contributed by atoms with van der Waals surface area (Å²) in [6, 6.07) is 4.72. The molecule has 1 heterocycles. The smallest absolute Gasteiger partial charge is 0.302 e. The first kappa shape index (κ1) is 15.4.